The summed E-state index contributed by atoms with van der Waals surface area (Å²) in [6.07, 6.45) is 4.90. The fraction of sp³-hybridized carbons (Fsp3) is 1.00. The molecule has 1 fully saturated rings. The molecule has 1 heterocycles. The lowest BCUT2D eigenvalue weighted by Gasteiger charge is -2.33. The van der Waals surface area contributed by atoms with Gasteiger partial charge in [0.15, 0.2) is 0 Å². The van der Waals surface area contributed by atoms with Gasteiger partial charge < -0.3 is 5.73 Å². The lowest BCUT2D eigenvalue weighted by molar-refractivity contribution is 0.168. The van der Waals surface area contributed by atoms with Crippen LogP contribution in [0.5, 0.6) is 0 Å². The Balaban J connectivity index is 2.55. The van der Waals surface area contributed by atoms with Crippen LogP contribution in [0.3, 0.4) is 0 Å². The van der Waals surface area contributed by atoms with Gasteiger partial charge in [0.05, 0.1) is 0 Å². The van der Waals surface area contributed by atoms with E-state index in [1.807, 2.05) is 0 Å². The van der Waals surface area contributed by atoms with Crippen LogP contribution in [0, 0.1) is 11.3 Å². The third-order valence-corrected chi connectivity index (χ3v) is 4.45. The van der Waals surface area contributed by atoms with E-state index in [1.165, 1.54) is 32.4 Å². The first kappa shape index (κ1) is 15.0. The zero-order valence-electron chi connectivity index (χ0n) is 12.5. The summed E-state index contributed by atoms with van der Waals surface area (Å²) in [7, 11) is 0. The topological polar surface area (TPSA) is 29.3 Å². The molecule has 2 N–H and O–H groups in total. The highest BCUT2D eigenvalue weighted by atomic mass is 15.2. The van der Waals surface area contributed by atoms with Crippen LogP contribution >= 0.6 is 0 Å². The van der Waals surface area contributed by atoms with Crippen LogP contribution in [0.1, 0.15) is 60.3 Å². The SMILES string of the molecule is CCCC(N)C(CC)N1CCC(C(C)(C)C)C1. The van der Waals surface area contributed by atoms with Gasteiger partial charge in [0.25, 0.3) is 0 Å². The second-order valence-electron chi connectivity index (χ2n) is 6.77. The minimum absolute atomic E-state index is 0.365. The van der Waals surface area contributed by atoms with Crippen molar-refractivity contribution in [2.24, 2.45) is 17.1 Å². The van der Waals surface area contributed by atoms with E-state index in [0.29, 0.717) is 17.5 Å². The number of likely N-dealkylation sites (tertiary alicyclic amines) is 1. The summed E-state index contributed by atoms with van der Waals surface area (Å²) in [6.45, 7) is 14.1. The molecule has 0 amide bonds. The van der Waals surface area contributed by atoms with Crippen molar-refractivity contribution in [2.75, 3.05) is 13.1 Å². The maximum absolute atomic E-state index is 6.33. The van der Waals surface area contributed by atoms with Crippen molar-refractivity contribution in [3.8, 4) is 0 Å². The summed E-state index contributed by atoms with van der Waals surface area (Å²) >= 11 is 0. The predicted molar refractivity (Wildman–Crippen MR) is 76.1 cm³/mol. The quantitative estimate of drug-likeness (QED) is 0.799. The van der Waals surface area contributed by atoms with Crippen LogP contribution in [0.25, 0.3) is 0 Å². The third kappa shape index (κ3) is 3.96. The summed E-state index contributed by atoms with van der Waals surface area (Å²) < 4.78 is 0. The lowest BCUT2D eigenvalue weighted by Crippen LogP contribution is -2.46. The average molecular weight is 240 g/mol. The Labute approximate surface area is 108 Å². The molecule has 17 heavy (non-hydrogen) atoms. The second kappa shape index (κ2) is 6.19. The molecule has 0 aromatic heterocycles. The highest BCUT2D eigenvalue weighted by molar-refractivity contribution is 4.90. The normalized spacial score (nSPS) is 26.1. The van der Waals surface area contributed by atoms with E-state index in [9.17, 15) is 0 Å². The van der Waals surface area contributed by atoms with E-state index in [-0.39, 0.29) is 0 Å². The summed E-state index contributed by atoms with van der Waals surface area (Å²) in [4.78, 5) is 2.65. The monoisotopic (exact) mass is 240 g/mol. The largest absolute Gasteiger partial charge is 0.326 e. The fourth-order valence-electron chi connectivity index (χ4n) is 3.15. The van der Waals surface area contributed by atoms with E-state index < -0.39 is 0 Å². The number of nitrogens with zero attached hydrogens (tertiary/aromatic N) is 1. The molecule has 0 aliphatic carbocycles. The standard InChI is InChI=1S/C15H32N2/c1-6-8-13(16)14(7-2)17-10-9-12(11-17)15(3,4)5/h12-14H,6-11,16H2,1-5H3. The summed E-state index contributed by atoms with van der Waals surface area (Å²) in [5.74, 6) is 0.838. The average Bonchev–Trinajstić information content (AvgIpc) is 2.68. The molecule has 1 aliphatic rings. The maximum atomic E-state index is 6.33. The van der Waals surface area contributed by atoms with E-state index in [0.717, 1.165) is 12.3 Å². The van der Waals surface area contributed by atoms with Crippen LogP contribution in [-0.2, 0) is 0 Å². The highest BCUT2D eigenvalue weighted by Gasteiger charge is 2.35. The first-order valence-corrected chi connectivity index (χ1v) is 7.39. The Hall–Kier alpha value is -0.0800. The molecule has 0 saturated carbocycles. The molecule has 0 spiro atoms. The first-order valence-electron chi connectivity index (χ1n) is 7.39. The molecule has 0 aromatic carbocycles. The van der Waals surface area contributed by atoms with E-state index in [2.05, 4.69) is 39.5 Å². The van der Waals surface area contributed by atoms with Crippen molar-refractivity contribution in [2.45, 2.75) is 72.4 Å². The van der Waals surface area contributed by atoms with Gasteiger partial charge in [-0.05, 0) is 37.1 Å². The smallest absolute Gasteiger partial charge is 0.0244 e. The molecule has 3 unspecified atom stereocenters. The van der Waals surface area contributed by atoms with Crippen LogP contribution in [0.4, 0.5) is 0 Å². The van der Waals surface area contributed by atoms with E-state index in [4.69, 9.17) is 5.73 Å². The fourth-order valence-corrected chi connectivity index (χ4v) is 3.15. The van der Waals surface area contributed by atoms with E-state index >= 15 is 0 Å². The van der Waals surface area contributed by atoms with Crippen LogP contribution < -0.4 is 5.73 Å². The summed E-state index contributed by atoms with van der Waals surface area (Å²) in [5, 5.41) is 0. The van der Waals surface area contributed by atoms with Crippen LogP contribution in [0.15, 0.2) is 0 Å². The minimum atomic E-state index is 0.365. The second-order valence-corrected chi connectivity index (χ2v) is 6.77. The molecule has 2 nitrogen and oxygen atoms in total. The molecule has 0 aromatic rings. The molecule has 1 saturated heterocycles. The third-order valence-electron chi connectivity index (χ3n) is 4.45. The van der Waals surface area contributed by atoms with Crippen molar-refractivity contribution in [1.29, 1.82) is 0 Å². The van der Waals surface area contributed by atoms with Crippen molar-refractivity contribution in [1.82, 2.24) is 4.90 Å². The van der Waals surface area contributed by atoms with Crippen molar-refractivity contribution < 1.29 is 0 Å². The Morgan fingerprint density at radius 1 is 1.29 bits per heavy atom. The van der Waals surface area contributed by atoms with Gasteiger partial charge in [-0.15, -0.1) is 0 Å². The van der Waals surface area contributed by atoms with Gasteiger partial charge in [-0.25, -0.2) is 0 Å². The maximum Gasteiger partial charge on any atom is 0.0244 e. The molecule has 0 radical (unpaired) electrons. The predicted octanol–water partition coefficient (Wildman–Crippen LogP) is 3.26. The molecular formula is C15H32N2. The molecule has 102 valence electrons. The zero-order chi connectivity index (χ0) is 13.1. The van der Waals surface area contributed by atoms with Gasteiger partial charge in [-0.3, -0.25) is 4.90 Å². The highest BCUT2D eigenvalue weighted by Crippen LogP contribution is 2.35. The molecule has 0 bridgehead atoms. The number of nitrogens with two attached hydrogens (primary N) is 1. The van der Waals surface area contributed by atoms with Gasteiger partial charge in [0.1, 0.15) is 0 Å². The Morgan fingerprint density at radius 2 is 1.94 bits per heavy atom. The Kier molecular flexibility index (Phi) is 5.46. The van der Waals surface area contributed by atoms with Gasteiger partial charge in [0.2, 0.25) is 0 Å². The lowest BCUT2D eigenvalue weighted by atomic mass is 9.80. The molecule has 2 heteroatoms. The number of hydrogen-bond acceptors (Lipinski definition) is 2. The molecule has 1 aliphatic heterocycles. The van der Waals surface area contributed by atoms with Gasteiger partial charge >= 0.3 is 0 Å². The number of hydrogen-bond donors (Lipinski definition) is 1. The van der Waals surface area contributed by atoms with Crippen molar-refractivity contribution >= 4 is 0 Å². The molecule has 1 rings (SSSR count). The molecular weight excluding hydrogens is 208 g/mol. The zero-order valence-corrected chi connectivity index (χ0v) is 12.5. The van der Waals surface area contributed by atoms with Crippen molar-refractivity contribution in [3.05, 3.63) is 0 Å². The first-order chi connectivity index (χ1) is 7.90. The van der Waals surface area contributed by atoms with E-state index in [1.54, 1.807) is 0 Å². The summed E-state index contributed by atoms with van der Waals surface area (Å²) in [5.41, 5.74) is 6.78. The summed E-state index contributed by atoms with van der Waals surface area (Å²) in [6, 6.07) is 0.964. The Morgan fingerprint density at radius 3 is 2.35 bits per heavy atom. The minimum Gasteiger partial charge on any atom is -0.326 e. The van der Waals surface area contributed by atoms with Crippen LogP contribution in [-0.4, -0.2) is 30.1 Å². The Bertz CT molecular complexity index is 219. The van der Waals surface area contributed by atoms with Crippen molar-refractivity contribution in [3.63, 3.8) is 0 Å². The number of rotatable bonds is 5. The van der Waals surface area contributed by atoms with Gasteiger partial charge in [-0.1, -0.05) is 41.0 Å². The van der Waals surface area contributed by atoms with Gasteiger partial charge in [0, 0.05) is 18.6 Å². The van der Waals surface area contributed by atoms with Gasteiger partial charge in [-0.2, -0.15) is 0 Å². The molecule has 3 atom stereocenters. The van der Waals surface area contributed by atoms with Crippen LogP contribution in [0.2, 0.25) is 0 Å².